The third-order valence-corrected chi connectivity index (χ3v) is 3.39. The van der Waals surface area contributed by atoms with E-state index in [-0.39, 0.29) is 11.9 Å². The lowest BCUT2D eigenvalue weighted by molar-refractivity contribution is 0.0691. The molecular formula is C14H22N4O. The largest absolute Gasteiger partial charge is 0.368 e. The Balaban J connectivity index is 2.06. The molecule has 5 nitrogen and oxygen atoms in total. The van der Waals surface area contributed by atoms with Crippen LogP contribution in [0.25, 0.3) is 0 Å². The number of nitrogens with one attached hydrogen (secondary N) is 1. The van der Waals surface area contributed by atoms with Crippen LogP contribution >= 0.6 is 0 Å². The lowest BCUT2D eigenvalue weighted by Gasteiger charge is -2.30. The average molecular weight is 262 g/mol. The molecule has 0 radical (unpaired) electrons. The molecule has 2 rings (SSSR count). The van der Waals surface area contributed by atoms with E-state index in [1.165, 1.54) is 6.33 Å². The zero-order valence-corrected chi connectivity index (χ0v) is 11.9. The van der Waals surface area contributed by atoms with Crippen LogP contribution in [0.4, 0.5) is 5.82 Å². The number of carbonyl (C=O) groups is 1. The van der Waals surface area contributed by atoms with Crippen molar-refractivity contribution < 1.29 is 4.79 Å². The number of anilines is 1. The first-order valence-corrected chi connectivity index (χ1v) is 6.94. The fourth-order valence-electron chi connectivity index (χ4n) is 2.22. The van der Waals surface area contributed by atoms with Gasteiger partial charge >= 0.3 is 0 Å². The van der Waals surface area contributed by atoms with Crippen molar-refractivity contribution in [3.63, 3.8) is 0 Å². The minimum absolute atomic E-state index is 0.0149. The fraction of sp³-hybridized carbons (Fsp3) is 0.643. The number of hydrogen-bond acceptors (Lipinski definition) is 4. The van der Waals surface area contributed by atoms with Crippen LogP contribution in [-0.4, -0.2) is 39.9 Å². The van der Waals surface area contributed by atoms with Crippen molar-refractivity contribution in [2.75, 3.05) is 18.4 Å². The van der Waals surface area contributed by atoms with Crippen LogP contribution in [0.2, 0.25) is 0 Å². The molecule has 0 aliphatic carbocycles. The summed E-state index contributed by atoms with van der Waals surface area (Å²) in [7, 11) is 0. The van der Waals surface area contributed by atoms with E-state index in [4.69, 9.17) is 0 Å². The number of rotatable bonds is 3. The third kappa shape index (κ3) is 3.66. The van der Waals surface area contributed by atoms with Gasteiger partial charge in [0.2, 0.25) is 0 Å². The Kier molecular flexibility index (Phi) is 4.35. The van der Waals surface area contributed by atoms with Gasteiger partial charge in [0.1, 0.15) is 17.8 Å². The van der Waals surface area contributed by atoms with Gasteiger partial charge in [-0.25, -0.2) is 9.97 Å². The fourth-order valence-corrected chi connectivity index (χ4v) is 2.22. The summed E-state index contributed by atoms with van der Waals surface area (Å²) < 4.78 is 0. The second kappa shape index (κ2) is 5.99. The normalized spacial score (nSPS) is 16.7. The molecule has 0 spiro atoms. The molecule has 1 N–H and O–H groups in total. The first kappa shape index (κ1) is 13.8. The predicted molar refractivity (Wildman–Crippen MR) is 75.1 cm³/mol. The summed E-state index contributed by atoms with van der Waals surface area (Å²) in [5.74, 6) is 1.44. The Labute approximate surface area is 114 Å². The second-order valence-corrected chi connectivity index (χ2v) is 5.56. The lowest BCUT2D eigenvalue weighted by atomic mass is 9.99. The molecule has 1 saturated heterocycles. The van der Waals surface area contributed by atoms with Gasteiger partial charge < -0.3 is 10.2 Å². The standard InChI is InChI=1S/C14H22N4O/c1-10(2)17-13-8-12(15-9-16-13)14(19)18-6-4-11(3)5-7-18/h8-11H,4-7H2,1-3H3,(H,15,16,17). The highest BCUT2D eigenvalue weighted by Gasteiger charge is 2.22. The maximum atomic E-state index is 12.4. The second-order valence-electron chi connectivity index (χ2n) is 5.56. The summed E-state index contributed by atoms with van der Waals surface area (Å²) in [5, 5.41) is 3.19. The quantitative estimate of drug-likeness (QED) is 0.907. The van der Waals surface area contributed by atoms with Gasteiger partial charge in [-0.15, -0.1) is 0 Å². The molecule has 1 aliphatic rings. The molecule has 2 heterocycles. The summed E-state index contributed by atoms with van der Waals surface area (Å²) in [6.45, 7) is 7.97. The molecule has 0 atom stereocenters. The van der Waals surface area contributed by atoms with Crippen molar-refractivity contribution >= 4 is 11.7 Å². The van der Waals surface area contributed by atoms with Crippen molar-refractivity contribution in [3.8, 4) is 0 Å². The molecule has 1 amide bonds. The molecule has 0 unspecified atom stereocenters. The van der Waals surface area contributed by atoms with Crippen molar-refractivity contribution in [3.05, 3.63) is 18.1 Å². The minimum atomic E-state index is 0.0149. The molecule has 104 valence electrons. The van der Waals surface area contributed by atoms with Crippen molar-refractivity contribution in [2.24, 2.45) is 5.92 Å². The lowest BCUT2D eigenvalue weighted by Crippen LogP contribution is -2.38. The molecule has 0 bridgehead atoms. The van der Waals surface area contributed by atoms with Gasteiger partial charge in [0, 0.05) is 25.2 Å². The van der Waals surface area contributed by atoms with Gasteiger partial charge in [0.15, 0.2) is 0 Å². The molecule has 0 aromatic carbocycles. The van der Waals surface area contributed by atoms with E-state index in [2.05, 4.69) is 22.2 Å². The number of amides is 1. The van der Waals surface area contributed by atoms with Crippen LogP contribution in [0.5, 0.6) is 0 Å². The van der Waals surface area contributed by atoms with Gasteiger partial charge in [-0.3, -0.25) is 4.79 Å². The molecule has 1 aromatic rings. The van der Waals surface area contributed by atoms with Gasteiger partial charge in [0.05, 0.1) is 0 Å². The molecule has 5 heteroatoms. The molecular weight excluding hydrogens is 240 g/mol. The van der Waals surface area contributed by atoms with E-state index in [1.54, 1.807) is 6.07 Å². The van der Waals surface area contributed by atoms with E-state index >= 15 is 0 Å². The van der Waals surface area contributed by atoms with E-state index < -0.39 is 0 Å². The summed E-state index contributed by atoms with van der Waals surface area (Å²) in [4.78, 5) is 22.5. The highest BCUT2D eigenvalue weighted by atomic mass is 16.2. The first-order chi connectivity index (χ1) is 9.06. The predicted octanol–water partition coefficient (Wildman–Crippen LogP) is 2.17. The SMILES string of the molecule is CC1CCN(C(=O)c2cc(NC(C)C)ncn2)CC1. The highest BCUT2D eigenvalue weighted by molar-refractivity contribution is 5.92. The topological polar surface area (TPSA) is 58.1 Å². The maximum absolute atomic E-state index is 12.4. The number of hydrogen-bond donors (Lipinski definition) is 1. The summed E-state index contributed by atoms with van der Waals surface area (Å²) in [5.41, 5.74) is 0.479. The van der Waals surface area contributed by atoms with Crippen molar-refractivity contribution in [1.29, 1.82) is 0 Å². The van der Waals surface area contributed by atoms with Crippen LogP contribution in [0, 0.1) is 5.92 Å². The molecule has 19 heavy (non-hydrogen) atoms. The van der Waals surface area contributed by atoms with Crippen LogP contribution < -0.4 is 5.32 Å². The van der Waals surface area contributed by atoms with Gasteiger partial charge in [-0.1, -0.05) is 6.92 Å². The number of aromatic nitrogens is 2. The van der Waals surface area contributed by atoms with Gasteiger partial charge in [-0.2, -0.15) is 0 Å². The number of nitrogens with zero attached hydrogens (tertiary/aromatic N) is 3. The van der Waals surface area contributed by atoms with Gasteiger partial charge in [-0.05, 0) is 32.6 Å². The molecule has 0 saturated carbocycles. The molecule has 1 aromatic heterocycles. The zero-order valence-electron chi connectivity index (χ0n) is 11.9. The molecule has 1 aliphatic heterocycles. The highest BCUT2D eigenvalue weighted by Crippen LogP contribution is 2.18. The number of carbonyl (C=O) groups excluding carboxylic acids is 1. The Hall–Kier alpha value is -1.65. The monoisotopic (exact) mass is 262 g/mol. The Bertz CT molecular complexity index is 439. The minimum Gasteiger partial charge on any atom is -0.368 e. The summed E-state index contributed by atoms with van der Waals surface area (Å²) in [6, 6.07) is 2.02. The summed E-state index contributed by atoms with van der Waals surface area (Å²) >= 11 is 0. The zero-order chi connectivity index (χ0) is 13.8. The van der Waals surface area contributed by atoms with Crippen molar-refractivity contribution in [2.45, 2.75) is 39.7 Å². The smallest absolute Gasteiger partial charge is 0.272 e. The van der Waals surface area contributed by atoms with Crippen LogP contribution in [0.15, 0.2) is 12.4 Å². The first-order valence-electron chi connectivity index (χ1n) is 6.94. The average Bonchev–Trinajstić information content (AvgIpc) is 2.38. The number of piperidine rings is 1. The van der Waals surface area contributed by atoms with Crippen LogP contribution in [0.1, 0.15) is 44.1 Å². The maximum Gasteiger partial charge on any atom is 0.272 e. The van der Waals surface area contributed by atoms with E-state index in [0.29, 0.717) is 17.4 Å². The summed E-state index contributed by atoms with van der Waals surface area (Å²) in [6.07, 6.45) is 3.60. The van der Waals surface area contributed by atoms with Crippen molar-refractivity contribution in [1.82, 2.24) is 14.9 Å². The van der Waals surface area contributed by atoms with E-state index in [1.807, 2.05) is 18.7 Å². The van der Waals surface area contributed by atoms with Crippen LogP contribution in [-0.2, 0) is 0 Å². The Morgan fingerprint density at radius 3 is 2.68 bits per heavy atom. The molecule has 1 fully saturated rings. The van der Waals surface area contributed by atoms with E-state index in [9.17, 15) is 4.79 Å². The third-order valence-electron chi connectivity index (χ3n) is 3.39. The van der Waals surface area contributed by atoms with Gasteiger partial charge in [0.25, 0.3) is 5.91 Å². The Morgan fingerprint density at radius 1 is 1.37 bits per heavy atom. The van der Waals surface area contributed by atoms with Crippen LogP contribution in [0.3, 0.4) is 0 Å². The Morgan fingerprint density at radius 2 is 2.05 bits per heavy atom. The van der Waals surface area contributed by atoms with E-state index in [0.717, 1.165) is 25.9 Å². The number of likely N-dealkylation sites (tertiary alicyclic amines) is 1.